The second kappa shape index (κ2) is 5.36. The van der Waals surface area contributed by atoms with Gasteiger partial charge < -0.3 is 15.8 Å². The highest BCUT2D eigenvalue weighted by atomic mass is 16.5. The van der Waals surface area contributed by atoms with Crippen LogP contribution in [0, 0.1) is 11.3 Å². The van der Waals surface area contributed by atoms with Crippen molar-refractivity contribution in [3.8, 4) is 0 Å². The highest BCUT2D eigenvalue weighted by molar-refractivity contribution is 5.86. The predicted octanol–water partition coefficient (Wildman–Crippen LogP) is 1.29. The molecule has 3 N–H and O–H groups in total. The number of nitrogens with two attached hydrogens (primary N) is 1. The van der Waals surface area contributed by atoms with Crippen molar-refractivity contribution in [3.63, 3.8) is 0 Å². The molecular weight excluding hydrogens is 216 g/mol. The van der Waals surface area contributed by atoms with E-state index in [1.807, 2.05) is 0 Å². The van der Waals surface area contributed by atoms with E-state index in [1.54, 1.807) is 0 Å². The van der Waals surface area contributed by atoms with Crippen LogP contribution >= 0.6 is 0 Å². The summed E-state index contributed by atoms with van der Waals surface area (Å²) >= 11 is 0. The Kier molecular flexibility index (Phi) is 4.55. The van der Waals surface area contributed by atoms with Gasteiger partial charge >= 0.3 is 0 Å². The molecular formula is C13H26N2O2. The van der Waals surface area contributed by atoms with Gasteiger partial charge in [0, 0.05) is 19.8 Å². The lowest BCUT2D eigenvalue weighted by atomic mass is 9.82. The Morgan fingerprint density at radius 1 is 1.41 bits per heavy atom. The number of hydrogen-bond donors (Lipinski definition) is 2. The summed E-state index contributed by atoms with van der Waals surface area (Å²) in [7, 11) is 0. The van der Waals surface area contributed by atoms with Crippen molar-refractivity contribution in [2.24, 2.45) is 17.1 Å². The number of amides is 1. The molecule has 1 unspecified atom stereocenters. The van der Waals surface area contributed by atoms with E-state index < -0.39 is 5.54 Å². The number of hydrogen-bond acceptors (Lipinski definition) is 3. The normalized spacial score (nSPS) is 21.9. The Labute approximate surface area is 104 Å². The number of nitrogens with one attached hydrogen (secondary N) is 1. The van der Waals surface area contributed by atoms with Crippen LogP contribution in [0.1, 0.15) is 40.5 Å². The molecule has 1 fully saturated rings. The summed E-state index contributed by atoms with van der Waals surface area (Å²) in [6.45, 7) is 10.5. The molecule has 1 heterocycles. The van der Waals surface area contributed by atoms with Crippen molar-refractivity contribution in [1.29, 1.82) is 0 Å². The van der Waals surface area contributed by atoms with Crippen molar-refractivity contribution in [2.45, 2.75) is 46.1 Å². The Balaban J connectivity index is 2.44. The van der Waals surface area contributed by atoms with Gasteiger partial charge in [-0.25, -0.2) is 0 Å². The zero-order valence-corrected chi connectivity index (χ0v) is 11.5. The summed E-state index contributed by atoms with van der Waals surface area (Å²) in [6.07, 6.45) is 1.23. The van der Waals surface area contributed by atoms with Gasteiger partial charge in [0.15, 0.2) is 0 Å². The van der Waals surface area contributed by atoms with E-state index in [0.717, 1.165) is 0 Å². The molecule has 0 saturated carbocycles. The highest BCUT2D eigenvalue weighted by Crippen LogP contribution is 2.25. The van der Waals surface area contributed by atoms with E-state index in [-0.39, 0.29) is 11.3 Å². The maximum absolute atomic E-state index is 12.1. The first-order valence-corrected chi connectivity index (χ1v) is 6.41. The van der Waals surface area contributed by atoms with Gasteiger partial charge in [0.1, 0.15) is 0 Å². The Morgan fingerprint density at radius 3 is 2.41 bits per heavy atom. The van der Waals surface area contributed by atoms with Crippen LogP contribution in [0.15, 0.2) is 0 Å². The van der Waals surface area contributed by atoms with Crippen molar-refractivity contribution in [1.82, 2.24) is 5.32 Å². The van der Waals surface area contributed by atoms with E-state index in [1.165, 1.54) is 0 Å². The largest absolute Gasteiger partial charge is 0.381 e. The molecule has 1 aliphatic heterocycles. The molecule has 0 radical (unpaired) electrons. The smallest absolute Gasteiger partial charge is 0.240 e. The second-order valence-corrected chi connectivity index (χ2v) is 6.25. The van der Waals surface area contributed by atoms with E-state index in [2.05, 4.69) is 33.0 Å². The molecule has 1 rings (SSSR count). The molecule has 0 aliphatic carbocycles. The first-order valence-electron chi connectivity index (χ1n) is 6.41. The zero-order valence-electron chi connectivity index (χ0n) is 11.5. The fourth-order valence-corrected chi connectivity index (χ4v) is 1.69. The van der Waals surface area contributed by atoms with Crippen LogP contribution in [-0.2, 0) is 9.53 Å². The Morgan fingerprint density at radius 2 is 1.94 bits per heavy atom. The summed E-state index contributed by atoms with van der Waals surface area (Å²) in [4.78, 5) is 12.1. The topological polar surface area (TPSA) is 64.4 Å². The average Bonchev–Trinajstić information content (AvgIpc) is 2.25. The molecule has 1 aliphatic rings. The van der Waals surface area contributed by atoms with Gasteiger partial charge in [-0.2, -0.15) is 0 Å². The third-order valence-corrected chi connectivity index (χ3v) is 3.88. The van der Waals surface area contributed by atoms with Crippen LogP contribution in [-0.4, -0.2) is 31.2 Å². The Bertz CT molecular complexity index is 265. The van der Waals surface area contributed by atoms with E-state index in [0.29, 0.717) is 38.5 Å². The molecule has 0 spiro atoms. The van der Waals surface area contributed by atoms with Crippen LogP contribution in [0.25, 0.3) is 0 Å². The fourth-order valence-electron chi connectivity index (χ4n) is 1.69. The predicted molar refractivity (Wildman–Crippen MR) is 68.6 cm³/mol. The zero-order chi connectivity index (χ0) is 13.1. The summed E-state index contributed by atoms with van der Waals surface area (Å²) in [5, 5.41) is 2.98. The highest BCUT2D eigenvalue weighted by Gasteiger charge is 2.36. The molecule has 4 nitrogen and oxygen atoms in total. The standard InChI is InChI=1S/C13H26N2O2/c1-10(12(2,3)4)9-15-11(16)13(14)5-7-17-8-6-13/h10H,5-9,14H2,1-4H3,(H,15,16). The molecule has 1 atom stereocenters. The monoisotopic (exact) mass is 242 g/mol. The lowest BCUT2D eigenvalue weighted by Gasteiger charge is -2.33. The van der Waals surface area contributed by atoms with Gasteiger partial charge in [-0.05, 0) is 24.2 Å². The Hall–Kier alpha value is -0.610. The number of rotatable bonds is 3. The minimum absolute atomic E-state index is 0.0306. The summed E-state index contributed by atoms with van der Waals surface area (Å²) in [6, 6.07) is 0. The quantitative estimate of drug-likeness (QED) is 0.784. The van der Waals surface area contributed by atoms with Gasteiger partial charge in [-0.1, -0.05) is 27.7 Å². The van der Waals surface area contributed by atoms with Gasteiger partial charge in [0.2, 0.25) is 5.91 Å². The van der Waals surface area contributed by atoms with E-state index in [9.17, 15) is 4.79 Å². The number of carbonyl (C=O) groups is 1. The molecule has 100 valence electrons. The molecule has 1 saturated heterocycles. The molecule has 0 aromatic heterocycles. The molecule has 1 amide bonds. The number of ether oxygens (including phenoxy) is 1. The first kappa shape index (κ1) is 14.5. The van der Waals surface area contributed by atoms with Crippen molar-refractivity contribution >= 4 is 5.91 Å². The SMILES string of the molecule is CC(CNC(=O)C1(N)CCOCC1)C(C)(C)C. The van der Waals surface area contributed by atoms with Crippen LogP contribution in [0.2, 0.25) is 0 Å². The molecule has 4 heteroatoms. The minimum atomic E-state index is -0.726. The lowest BCUT2D eigenvalue weighted by molar-refractivity contribution is -0.130. The molecule has 0 aromatic carbocycles. The second-order valence-electron chi connectivity index (χ2n) is 6.25. The number of carbonyl (C=O) groups excluding carboxylic acids is 1. The summed E-state index contributed by atoms with van der Waals surface area (Å²) in [5.74, 6) is 0.395. The average molecular weight is 242 g/mol. The maximum Gasteiger partial charge on any atom is 0.240 e. The van der Waals surface area contributed by atoms with Crippen molar-refractivity contribution < 1.29 is 9.53 Å². The van der Waals surface area contributed by atoms with Gasteiger partial charge in [0.25, 0.3) is 0 Å². The van der Waals surface area contributed by atoms with Gasteiger partial charge in [-0.15, -0.1) is 0 Å². The van der Waals surface area contributed by atoms with Crippen molar-refractivity contribution in [2.75, 3.05) is 19.8 Å². The van der Waals surface area contributed by atoms with Crippen LogP contribution < -0.4 is 11.1 Å². The third-order valence-electron chi connectivity index (χ3n) is 3.88. The van der Waals surface area contributed by atoms with Gasteiger partial charge in [-0.3, -0.25) is 4.79 Å². The molecule has 17 heavy (non-hydrogen) atoms. The molecule has 0 aromatic rings. The van der Waals surface area contributed by atoms with Crippen LogP contribution in [0.5, 0.6) is 0 Å². The van der Waals surface area contributed by atoms with Crippen LogP contribution in [0.4, 0.5) is 0 Å². The molecule has 0 bridgehead atoms. The first-order chi connectivity index (χ1) is 7.76. The minimum Gasteiger partial charge on any atom is -0.381 e. The summed E-state index contributed by atoms with van der Waals surface area (Å²) in [5.41, 5.74) is 5.58. The third kappa shape index (κ3) is 3.96. The summed E-state index contributed by atoms with van der Waals surface area (Å²) < 4.78 is 5.23. The van der Waals surface area contributed by atoms with E-state index >= 15 is 0 Å². The van der Waals surface area contributed by atoms with Crippen molar-refractivity contribution in [3.05, 3.63) is 0 Å². The van der Waals surface area contributed by atoms with Crippen LogP contribution in [0.3, 0.4) is 0 Å². The fraction of sp³-hybridized carbons (Fsp3) is 0.923. The maximum atomic E-state index is 12.1. The lowest BCUT2D eigenvalue weighted by Crippen LogP contribution is -2.57. The van der Waals surface area contributed by atoms with E-state index in [4.69, 9.17) is 10.5 Å². The van der Waals surface area contributed by atoms with Gasteiger partial charge in [0.05, 0.1) is 5.54 Å².